The highest BCUT2D eigenvalue weighted by atomic mass is 16.7. The summed E-state index contributed by atoms with van der Waals surface area (Å²) >= 11 is 0. The van der Waals surface area contributed by atoms with Gasteiger partial charge < -0.3 is 14.0 Å². The third-order valence-electron chi connectivity index (χ3n) is 4.56. The van der Waals surface area contributed by atoms with Crippen LogP contribution in [0.2, 0.25) is 0 Å². The zero-order valence-corrected chi connectivity index (χ0v) is 14.9. The van der Waals surface area contributed by atoms with Crippen molar-refractivity contribution in [3.63, 3.8) is 0 Å². The van der Waals surface area contributed by atoms with Crippen molar-refractivity contribution in [1.29, 1.82) is 0 Å². The molecule has 0 radical (unpaired) electrons. The number of methoxy groups -OCH3 is 1. The van der Waals surface area contributed by atoms with E-state index in [4.69, 9.17) is 14.3 Å². The molecule has 1 aliphatic rings. The number of nitrogens with zero attached hydrogens (tertiary/aromatic N) is 2. The molecule has 0 bridgehead atoms. The van der Waals surface area contributed by atoms with Crippen LogP contribution in [0.4, 0.5) is 0 Å². The number of ether oxygens (including phenoxy) is 2. The summed E-state index contributed by atoms with van der Waals surface area (Å²) in [6, 6.07) is 16.1. The topological polar surface area (TPSA) is 70.0 Å². The Hall–Kier alpha value is -3.32. The Kier molecular flexibility index (Phi) is 4.29. The number of carbonyl (C=O) groups excluding carboxylic acids is 2. The lowest BCUT2D eigenvalue weighted by molar-refractivity contribution is -0.151. The molecule has 0 saturated carbocycles. The summed E-state index contributed by atoms with van der Waals surface area (Å²) in [5.74, 6) is 0.358. The first-order valence-corrected chi connectivity index (χ1v) is 8.44. The van der Waals surface area contributed by atoms with Crippen molar-refractivity contribution in [1.82, 2.24) is 9.63 Å². The Morgan fingerprint density at radius 2 is 1.81 bits per heavy atom. The quantitative estimate of drug-likeness (QED) is 0.512. The number of amides is 1. The molecule has 0 spiro atoms. The molecule has 0 N–H and O–H groups in total. The van der Waals surface area contributed by atoms with Gasteiger partial charge in [-0.3, -0.25) is 14.4 Å². The van der Waals surface area contributed by atoms with Crippen molar-refractivity contribution in [2.24, 2.45) is 0 Å². The van der Waals surface area contributed by atoms with Gasteiger partial charge in [-0.2, -0.15) is 5.06 Å². The molecule has 138 valence electrons. The monoisotopic (exact) mass is 366 g/mol. The summed E-state index contributed by atoms with van der Waals surface area (Å²) in [6.45, 7) is 0. The van der Waals surface area contributed by atoms with Gasteiger partial charge in [-0.05, 0) is 30.3 Å². The minimum absolute atomic E-state index is 0.0531. The molecule has 7 nitrogen and oxygen atoms in total. The van der Waals surface area contributed by atoms with Crippen LogP contribution in [0.15, 0.2) is 54.6 Å². The van der Waals surface area contributed by atoms with Crippen LogP contribution in [-0.2, 0) is 9.63 Å². The Morgan fingerprint density at radius 1 is 1.04 bits per heavy atom. The van der Waals surface area contributed by atoms with Gasteiger partial charge in [0.15, 0.2) is 0 Å². The van der Waals surface area contributed by atoms with Crippen LogP contribution in [0, 0.1) is 0 Å². The minimum Gasteiger partial charge on any atom is -0.497 e. The highest BCUT2D eigenvalue weighted by Crippen LogP contribution is 2.37. The average Bonchev–Trinajstić information content (AvgIpc) is 3.17. The van der Waals surface area contributed by atoms with Crippen LogP contribution in [0.1, 0.15) is 23.1 Å². The van der Waals surface area contributed by atoms with Crippen molar-refractivity contribution in [3.8, 4) is 11.5 Å². The van der Waals surface area contributed by atoms with Crippen LogP contribution in [0.5, 0.6) is 11.5 Å². The molecule has 27 heavy (non-hydrogen) atoms. The first-order valence-electron chi connectivity index (χ1n) is 8.44. The van der Waals surface area contributed by atoms with Gasteiger partial charge in [-0.25, -0.2) is 0 Å². The van der Waals surface area contributed by atoms with E-state index in [2.05, 4.69) is 0 Å². The molecule has 0 fully saturated rings. The number of fused-ring (bicyclic) bond motifs is 3. The Morgan fingerprint density at radius 3 is 2.52 bits per heavy atom. The van der Waals surface area contributed by atoms with E-state index in [1.165, 1.54) is 12.2 Å². The molecule has 4 rings (SSSR count). The Labute approximate surface area is 155 Å². The van der Waals surface area contributed by atoms with Crippen molar-refractivity contribution >= 4 is 22.8 Å². The fraction of sp³-hybridized carbons (Fsp3) is 0.200. The molecule has 2 heterocycles. The number of hydrogen-bond acceptors (Lipinski definition) is 5. The predicted octanol–water partition coefficient (Wildman–Crippen LogP) is 3.16. The average molecular weight is 366 g/mol. The van der Waals surface area contributed by atoms with Crippen LogP contribution in [0.25, 0.3) is 10.9 Å². The van der Waals surface area contributed by atoms with Crippen molar-refractivity contribution in [2.45, 2.75) is 12.6 Å². The first-order chi connectivity index (χ1) is 13.1. The summed E-state index contributed by atoms with van der Waals surface area (Å²) < 4.78 is 12.5. The van der Waals surface area contributed by atoms with Crippen LogP contribution in [-0.4, -0.2) is 35.7 Å². The number of esters is 1. The maximum Gasteiger partial charge on any atom is 0.315 e. The summed E-state index contributed by atoms with van der Waals surface area (Å²) in [5.41, 5.74) is 1.24. The normalized spacial score (nSPS) is 15.9. The molecule has 1 unspecified atom stereocenters. The van der Waals surface area contributed by atoms with E-state index in [1.54, 1.807) is 42.0 Å². The first kappa shape index (κ1) is 17.1. The molecule has 1 atom stereocenters. The van der Waals surface area contributed by atoms with E-state index < -0.39 is 12.1 Å². The fourth-order valence-corrected chi connectivity index (χ4v) is 3.36. The van der Waals surface area contributed by atoms with Gasteiger partial charge in [0.05, 0.1) is 26.2 Å². The Balaban J connectivity index is 1.69. The number of carbonyl (C=O) groups is 2. The number of hydroxylamine groups is 2. The van der Waals surface area contributed by atoms with Gasteiger partial charge in [-0.1, -0.05) is 18.2 Å². The van der Waals surface area contributed by atoms with E-state index >= 15 is 0 Å². The molecule has 1 aliphatic heterocycles. The summed E-state index contributed by atoms with van der Waals surface area (Å²) in [7, 11) is 2.99. The summed E-state index contributed by atoms with van der Waals surface area (Å²) in [4.78, 5) is 30.4. The predicted molar refractivity (Wildman–Crippen MR) is 97.4 cm³/mol. The van der Waals surface area contributed by atoms with Gasteiger partial charge >= 0.3 is 5.97 Å². The highest BCUT2D eigenvalue weighted by molar-refractivity contribution is 6.01. The molecule has 1 amide bonds. The molecular formula is C20H18N2O5. The van der Waals surface area contributed by atoms with Crippen LogP contribution < -0.4 is 9.47 Å². The lowest BCUT2D eigenvalue weighted by atomic mass is 10.2. The second-order valence-electron chi connectivity index (χ2n) is 6.11. The van der Waals surface area contributed by atoms with E-state index in [0.29, 0.717) is 17.2 Å². The maximum absolute atomic E-state index is 12.7. The second kappa shape index (κ2) is 6.77. The standard InChI is InChI=1S/C20H18N2O5/c1-25-15-9-8-13-10-17-20(24)22(26-2)18(21(17)16(13)11-15)12-19(23)27-14-6-4-3-5-7-14/h3-11,18H,12H2,1-2H3. The van der Waals surface area contributed by atoms with E-state index in [9.17, 15) is 9.59 Å². The molecular weight excluding hydrogens is 348 g/mol. The van der Waals surface area contributed by atoms with Gasteiger partial charge in [0.25, 0.3) is 5.91 Å². The van der Waals surface area contributed by atoms with Crippen molar-refractivity contribution in [3.05, 3.63) is 60.3 Å². The van der Waals surface area contributed by atoms with Gasteiger partial charge in [0.2, 0.25) is 0 Å². The summed E-state index contributed by atoms with van der Waals surface area (Å²) in [5, 5.41) is 2.08. The van der Waals surface area contributed by atoms with Crippen LogP contribution >= 0.6 is 0 Å². The van der Waals surface area contributed by atoms with Crippen molar-refractivity contribution < 1.29 is 23.9 Å². The Bertz CT molecular complexity index is 1010. The molecule has 0 saturated heterocycles. The van der Waals surface area contributed by atoms with E-state index in [1.807, 2.05) is 24.3 Å². The molecule has 0 aliphatic carbocycles. The highest BCUT2D eigenvalue weighted by Gasteiger charge is 2.40. The SMILES string of the molecule is COc1ccc2cc3n(c2c1)C(CC(=O)Oc1ccccc1)N(OC)C3=O. The number of para-hydroxylation sites is 1. The maximum atomic E-state index is 12.7. The molecule has 2 aromatic carbocycles. The van der Waals surface area contributed by atoms with Gasteiger partial charge in [-0.15, -0.1) is 0 Å². The summed E-state index contributed by atoms with van der Waals surface area (Å²) in [6.07, 6.45) is -0.694. The van der Waals surface area contributed by atoms with E-state index in [0.717, 1.165) is 10.9 Å². The second-order valence-corrected chi connectivity index (χ2v) is 6.11. The number of aromatic nitrogens is 1. The minimum atomic E-state index is -0.640. The lowest BCUT2D eigenvalue weighted by Gasteiger charge is -2.23. The van der Waals surface area contributed by atoms with Crippen molar-refractivity contribution in [2.75, 3.05) is 14.2 Å². The third kappa shape index (κ3) is 2.92. The number of rotatable bonds is 5. The fourth-order valence-electron chi connectivity index (χ4n) is 3.36. The largest absolute Gasteiger partial charge is 0.497 e. The van der Waals surface area contributed by atoms with Crippen LogP contribution in [0.3, 0.4) is 0 Å². The number of benzene rings is 2. The van der Waals surface area contributed by atoms with Gasteiger partial charge in [0.1, 0.15) is 23.4 Å². The van der Waals surface area contributed by atoms with Gasteiger partial charge in [0, 0.05) is 11.5 Å². The lowest BCUT2D eigenvalue weighted by Crippen LogP contribution is -2.31. The molecule has 1 aromatic heterocycles. The zero-order chi connectivity index (χ0) is 19.0. The third-order valence-corrected chi connectivity index (χ3v) is 4.56. The molecule has 3 aromatic rings. The van der Waals surface area contributed by atoms with E-state index in [-0.39, 0.29) is 12.3 Å². The smallest absolute Gasteiger partial charge is 0.315 e. The number of hydrogen-bond donors (Lipinski definition) is 0. The molecule has 7 heteroatoms. The zero-order valence-electron chi connectivity index (χ0n) is 14.9.